The van der Waals surface area contributed by atoms with E-state index >= 15 is 0 Å². The van der Waals surface area contributed by atoms with Gasteiger partial charge >= 0.3 is 5.97 Å². The molecule has 0 spiro atoms. The highest BCUT2D eigenvalue weighted by Gasteiger charge is 2.38. The van der Waals surface area contributed by atoms with Gasteiger partial charge in [-0.15, -0.1) is 0 Å². The highest BCUT2D eigenvalue weighted by molar-refractivity contribution is 5.79. The number of hydrogen-bond acceptors (Lipinski definition) is 2. The maximum atomic E-state index is 13.9. The van der Waals surface area contributed by atoms with Crippen LogP contribution in [0.2, 0.25) is 0 Å². The Hall–Kier alpha value is -1.98. The molecule has 108 valence electrons. The predicted octanol–water partition coefficient (Wildman–Crippen LogP) is 2.35. The van der Waals surface area contributed by atoms with Gasteiger partial charge in [-0.1, -0.05) is 0 Å². The molecule has 1 fully saturated rings. The molecule has 1 aromatic rings. The standard InChI is InChI=1S/C14H15F2NO3/c1-17-12(18)4-2-3-9(14(19)20)13(17)10-7-8(15)5-6-11(10)16/h5-7,9,13H,2-4H2,1H3,(H,19,20). The van der Waals surface area contributed by atoms with Crippen molar-refractivity contribution in [3.63, 3.8) is 0 Å². The summed E-state index contributed by atoms with van der Waals surface area (Å²) in [5.41, 5.74) is -0.0878. The third-order valence-corrected chi connectivity index (χ3v) is 3.69. The Bertz CT molecular complexity index is 547. The Morgan fingerprint density at radius 2 is 2.10 bits per heavy atom. The Kier molecular flexibility index (Phi) is 4.01. The average molecular weight is 283 g/mol. The molecule has 1 N–H and O–H groups in total. The Labute approximate surface area is 115 Å². The first-order valence-electron chi connectivity index (χ1n) is 6.35. The van der Waals surface area contributed by atoms with E-state index in [2.05, 4.69) is 0 Å². The molecule has 0 radical (unpaired) electrons. The number of benzene rings is 1. The summed E-state index contributed by atoms with van der Waals surface area (Å²) in [6.45, 7) is 0. The predicted molar refractivity (Wildman–Crippen MR) is 66.8 cm³/mol. The zero-order chi connectivity index (χ0) is 14.9. The normalized spacial score (nSPS) is 23.6. The van der Waals surface area contributed by atoms with Crippen LogP contribution in [-0.4, -0.2) is 28.9 Å². The number of amides is 1. The lowest BCUT2D eigenvalue weighted by Gasteiger charge is -2.31. The van der Waals surface area contributed by atoms with E-state index in [0.717, 1.165) is 18.2 Å². The van der Waals surface area contributed by atoms with Gasteiger partial charge in [-0.3, -0.25) is 9.59 Å². The molecule has 1 aromatic carbocycles. The topological polar surface area (TPSA) is 57.6 Å². The molecule has 0 aliphatic carbocycles. The van der Waals surface area contributed by atoms with Gasteiger partial charge in [0.2, 0.25) is 5.91 Å². The van der Waals surface area contributed by atoms with Crippen LogP contribution < -0.4 is 0 Å². The minimum absolute atomic E-state index is 0.0878. The number of rotatable bonds is 2. The van der Waals surface area contributed by atoms with Gasteiger partial charge < -0.3 is 10.0 Å². The van der Waals surface area contributed by atoms with E-state index < -0.39 is 29.6 Å². The summed E-state index contributed by atoms with van der Waals surface area (Å²) in [5.74, 6) is -3.68. The number of hydrogen-bond donors (Lipinski definition) is 1. The first-order valence-corrected chi connectivity index (χ1v) is 6.35. The van der Waals surface area contributed by atoms with Crippen molar-refractivity contribution < 1.29 is 23.5 Å². The highest BCUT2D eigenvalue weighted by atomic mass is 19.1. The van der Waals surface area contributed by atoms with Gasteiger partial charge in [0.15, 0.2) is 0 Å². The number of halogens is 2. The second kappa shape index (κ2) is 5.56. The summed E-state index contributed by atoms with van der Waals surface area (Å²) in [6, 6.07) is 1.89. The lowest BCUT2D eigenvalue weighted by atomic mass is 9.89. The van der Waals surface area contributed by atoms with Crippen LogP contribution in [0.5, 0.6) is 0 Å². The zero-order valence-electron chi connectivity index (χ0n) is 11.0. The van der Waals surface area contributed by atoms with E-state index in [1.165, 1.54) is 11.9 Å². The molecule has 1 heterocycles. The van der Waals surface area contributed by atoms with Gasteiger partial charge in [-0.25, -0.2) is 8.78 Å². The van der Waals surface area contributed by atoms with Gasteiger partial charge in [0.05, 0.1) is 12.0 Å². The molecule has 6 heteroatoms. The van der Waals surface area contributed by atoms with Crippen molar-refractivity contribution >= 4 is 11.9 Å². The van der Waals surface area contributed by atoms with Crippen LogP contribution >= 0.6 is 0 Å². The van der Waals surface area contributed by atoms with Crippen LogP contribution in [0.1, 0.15) is 30.9 Å². The van der Waals surface area contributed by atoms with E-state index in [0.29, 0.717) is 6.42 Å². The molecule has 1 saturated heterocycles. The second-order valence-corrected chi connectivity index (χ2v) is 4.95. The van der Waals surface area contributed by atoms with E-state index in [4.69, 9.17) is 0 Å². The van der Waals surface area contributed by atoms with Crippen molar-refractivity contribution in [1.82, 2.24) is 4.90 Å². The summed E-state index contributed by atoms with van der Waals surface area (Å²) in [6.07, 6.45) is 0.896. The molecular formula is C14H15F2NO3. The smallest absolute Gasteiger partial charge is 0.308 e. The summed E-state index contributed by atoms with van der Waals surface area (Å²) in [7, 11) is 1.43. The van der Waals surface area contributed by atoms with Crippen LogP contribution in [-0.2, 0) is 9.59 Å². The molecule has 0 bridgehead atoms. The fourth-order valence-electron chi connectivity index (χ4n) is 2.66. The molecule has 20 heavy (non-hydrogen) atoms. The summed E-state index contributed by atoms with van der Waals surface area (Å²) in [4.78, 5) is 24.5. The van der Waals surface area contributed by atoms with Gasteiger partial charge in [0.1, 0.15) is 11.6 Å². The monoisotopic (exact) mass is 283 g/mol. The molecule has 2 atom stereocenters. The number of aliphatic carboxylic acids is 1. The van der Waals surface area contributed by atoms with Gasteiger partial charge in [0.25, 0.3) is 0 Å². The van der Waals surface area contributed by atoms with Crippen LogP contribution in [0.15, 0.2) is 18.2 Å². The fraction of sp³-hybridized carbons (Fsp3) is 0.429. The van der Waals surface area contributed by atoms with Crippen molar-refractivity contribution in [1.29, 1.82) is 0 Å². The summed E-state index contributed by atoms with van der Waals surface area (Å²) >= 11 is 0. The van der Waals surface area contributed by atoms with E-state index in [-0.39, 0.29) is 24.3 Å². The molecular weight excluding hydrogens is 268 g/mol. The van der Waals surface area contributed by atoms with Crippen LogP contribution in [0.25, 0.3) is 0 Å². The van der Waals surface area contributed by atoms with Crippen LogP contribution in [0.4, 0.5) is 8.78 Å². The quantitative estimate of drug-likeness (QED) is 0.906. The number of nitrogens with zero attached hydrogens (tertiary/aromatic N) is 1. The van der Waals surface area contributed by atoms with Crippen molar-refractivity contribution in [2.75, 3.05) is 7.05 Å². The maximum absolute atomic E-state index is 13.9. The van der Waals surface area contributed by atoms with Crippen molar-refractivity contribution in [3.8, 4) is 0 Å². The average Bonchev–Trinajstić information content (AvgIpc) is 2.53. The van der Waals surface area contributed by atoms with Crippen molar-refractivity contribution in [2.45, 2.75) is 25.3 Å². The Morgan fingerprint density at radius 3 is 2.75 bits per heavy atom. The largest absolute Gasteiger partial charge is 0.481 e. The minimum atomic E-state index is -1.11. The molecule has 1 aliphatic rings. The molecule has 2 rings (SSSR count). The van der Waals surface area contributed by atoms with Crippen molar-refractivity contribution in [3.05, 3.63) is 35.4 Å². The minimum Gasteiger partial charge on any atom is -0.481 e. The first-order chi connectivity index (χ1) is 9.41. The van der Waals surface area contributed by atoms with Crippen molar-refractivity contribution in [2.24, 2.45) is 5.92 Å². The van der Waals surface area contributed by atoms with Gasteiger partial charge in [-0.2, -0.15) is 0 Å². The lowest BCUT2D eigenvalue weighted by Crippen LogP contribution is -2.36. The number of carboxylic acid groups (broad SMARTS) is 1. The van der Waals surface area contributed by atoms with E-state index in [1.807, 2.05) is 0 Å². The molecule has 4 nitrogen and oxygen atoms in total. The Balaban J connectivity index is 2.52. The third-order valence-electron chi connectivity index (χ3n) is 3.69. The maximum Gasteiger partial charge on any atom is 0.308 e. The van der Waals surface area contributed by atoms with E-state index in [9.17, 15) is 23.5 Å². The molecule has 0 saturated carbocycles. The molecule has 2 unspecified atom stereocenters. The Morgan fingerprint density at radius 1 is 1.40 bits per heavy atom. The first kappa shape index (κ1) is 14.4. The van der Waals surface area contributed by atoms with E-state index in [1.54, 1.807) is 0 Å². The summed E-state index contributed by atoms with van der Waals surface area (Å²) in [5, 5.41) is 9.31. The second-order valence-electron chi connectivity index (χ2n) is 4.95. The van der Waals surface area contributed by atoms with Gasteiger partial charge in [0, 0.05) is 19.0 Å². The van der Waals surface area contributed by atoms with Crippen LogP contribution in [0, 0.1) is 17.6 Å². The summed E-state index contributed by atoms with van der Waals surface area (Å²) < 4.78 is 27.3. The molecule has 1 amide bonds. The fourth-order valence-corrected chi connectivity index (χ4v) is 2.66. The number of carbonyl (C=O) groups is 2. The third kappa shape index (κ3) is 2.64. The molecule has 0 aromatic heterocycles. The van der Waals surface area contributed by atoms with Gasteiger partial charge in [-0.05, 0) is 31.0 Å². The molecule has 1 aliphatic heterocycles. The SMILES string of the molecule is CN1C(=O)CCCC(C(=O)O)C1c1cc(F)ccc1F. The number of carbonyl (C=O) groups excluding carboxylic acids is 1. The lowest BCUT2D eigenvalue weighted by molar-refractivity contribution is -0.145. The zero-order valence-corrected chi connectivity index (χ0v) is 11.0. The number of likely N-dealkylation sites (tertiary alicyclic amines) is 1. The van der Waals surface area contributed by atoms with Crippen LogP contribution in [0.3, 0.4) is 0 Å². The highest BCUT2D eigenvalue weighted by Crippen LogP contribution is 2.36. The number of carboxylic acids is 1.